The molecular formula is C12H27N3O2S. The molecule has 1 fully saturated rings. The minimum atomic E-state index is -3.41. The van der Waals surface area contributed by atoms with Crippen molar-refractivity contribution < 1.29 is 8.42 Å². The van der Waals surface area contributed by atoms with Gasteiger partial charge in [0.25, 0.3) is 10.2 Å². The number of nitrogens with two attached hydrogens (primary N) is 1. The van der Waals surface area contributed by atoms with Crippen LogP contribution in [0, 0.1) is 5.92 Å². The summed E-state index contributed by atoms with van der Waals surface area (Å²) in [6.07, 6.45) is 3.76. The van der Waals surface area contributed by atoms with Crippen LogP contribution in [-0.4, -0.2) is 37.9 Å². The molecule has 108 valence electrons. The molecule has 0 atom stereocenters. The van der Waals surface area contributed by atoms with Crippen LogP contribution in [0.5, 0.6) is 0 Å². The molecule has 1 aliphatic carbocycles. The predicted octanol–water partition coefficient (Wildman–Crippen LogP) is 1.07. The van der Waals surface area contributed by atoms with Crippen LogP contribution >= 0.6 is 0 Å². The van der Waals surface area contributed by atoms with E-state index in [1.807, 2.05) is 13.8 Å². The van der Waals surface area contributed by atoms with E-state index in [2.05, 4.69) is 11.6 Å². The highest BCUT2D eigenvalue weighted by atomic mass is 32.2. The van der Waals surface area contributed by atoms with Crippen LogP contribution in [0.3, 0.4) is 0 Å². The van der Waals surface area contributed by atoms with Crippen molar-refractivity contribution in [1.82, 2.24) is 9.03 Å². The van der Waals surface area contributed by atoms with Crippen molar-refractivity contribution in [1.29, 1.82) is 0 Å². The lowest BCUT2D eigenvalue weighted by atomic mass is 9.78. The van der Waals surface area contributed by atoms with E-state index in [0.717, 1.165) is 25.7 Å². The second-order valence-electron chi connectivity index (χ2n) is 5.36. The molecule has 0 aromatic heterocycles. The summed E-state index contributed by atoms with van der Waals surface area (Å²) in [5.41, 5.74) is 5.39. The minimum absolute atomic E-state index is 0.375. The predicted molar refractivity (Wildman–Crippen MR) is 74.4 cm³/mol. The highest BCUT2D eigenvalue weighted by molar-refractivity contribution is 7.87. The Balaban J connectivity index is 2.79. The molecule has 18 heavy (non-hydrogen) atoms. The molecule has 5 nitrogen and oxygen atoms in total. The maximum atomic E-state index is 12.3. The van der Waals surface area contributed by atoms with Gasteiger partial charge in [0, 0.05) is 25.2 Å². The Bertz CT molecular complexity index is 344. The Kier molecular flexibility index (Phi) is 5.58. The first-order valence-corrected chi connectivity index (χ1v) is 8.32. The normalized spacial score (nSPS) is 29.7. The third kappa shape index (κ3) is 3.66. The SMILES string of the molecule is CCN(CC)S(=O)(=O)NC1(CN)CCC(C)CC1. The van der Waals surface area contributed by atoms with Crippen LogP contribution < -0.4 is 10.5 Å². The van der Waals surface area contributed by atoms with Gasteiger partial charge in [-0.25, -0.2) is 0 Å². The molecule has 0 aromatic rings. The van der Waals surface area contributed by atoms with Gasteiger partial charge in [-0.05, 0) is 31.6 Å². The first-order valence-electron chi connectivity index (χ1n) is 6.88. The van der Waals surface area contributed by atoms with E-state index in [1.165, 1.54) is 4.31 Å². The van der Waals surface area contributed by atoms with Crippen LogP contribution in [0.15, 0.2) is 0 Å². The average Bonchev–Trinajstić information content (AvgIpc) is 2.33. The lowest BCUT2D eigenvalue weighted by Crippen LogP contribution is -2.58. The highest BCUT2D eigenvalue weighted by Crippen LogP contribution is 2.32. The summed E-state index contributed by atoms with van der Waals surface area (Å²) in [5, 5.41) is 0. The molecule has 0 heterocycles. The van der Waals surface area contributed by atoms with E-state index >= 15 is 0 Å². The first kappa shape index (κ1) is 15.9. The van der Waals surface area contributed by atoms with Gasteiger partial charge in [0.15, 0.2) is 0 Å². The smallest absolute Gasteiger partial charge is 0.279 e. The van der Waals surface area contributed by atoms with Gasteiger partial charge in [0.1, 0.15) is 0 Å². The molecule has 1 aliphatic rings. The van der Waals surface area contributed by atoms with Crippen molar-refractivity contribution in [3.8, 4) is 0 Å². The highest BCUT2D eigenvalue weighted by Gasteiger charge is 2.37. The summed E-state index contributed by atoms with van der Waals surface area (Å²) < 4.78 is 28.8. The number of hydrogen-bond donors (Lipinski definition) is 2. The summed E-state index contributed by atoms with van der Waals surface area (Å²) in [5.74, 6) is 0.669. The topological polar surface area (TPSA) is 75.4 Å². The second-order valence-corrected chi connectivity index (χ2v) is 7.03. The lowest BCUT2D eigenvalue weighted by Gasteiger charge is -2.40. The van der Waals surface area contributed by atoms with E-state index in [0.29, 0.717) is 25.6 Å². The molecule has 0 amide bonds. The molecule has 1 saturated carbocycles. The molecule has 0 aliphatic heterocycles. The number of nitrogens with zero attached hydrogens (tertiary/aromatic N) is 1. The monoisotopic (exact) mass is 277 g/mol. The Morgan fingerprint density at radius 3 is 2.17 bits per heavy atom. The number of hydrogen-bond acceptors (Lipinski definition) is 3. The van der Waals surface area contributed by atoms with Crippen LogP contribution in [0.2, 0.25) is 0 Å². The summed E-state index contributed by atoms with van der Waals surface area (Å²) in [7, 11) is -3.41. The number of nitrogens with one attached hydrogen (secondary N) is 1. The Morgan fingerprint density at radius 2 is 1.78 bits per heavy atom. The Morgan fingerprint density at radius 1 is 1.28 bits per heavy atom. The van der Waals surface area contributed by atoms with Crippen molar-refractivity contribution in [3.05, 3.63) is 0 Å². The first-order chi connectivity index (χ1) is 8.39. The van der Waals surface area contributed by atoms with Gasteiger partial charge in [-0.2, -0.15) is 17.4 Å². The molecule has 0 unspecified atom stereocenters. The van der Waals surface area contributed by atoms with Gasteiger partial charge in [-0.1, -0.05) is 20.8 Å². The second kappa shape index (κ2) is 6.32. The minimum Gasteiger partial charge on any atom is -0.329 e. The third-order valence-corrected chi connectivity index (χ3v) is 5.90. The van der Waals surface area contributed by atoms with Crippen LogP contribution in [-0.2, 0) is 10.2 Å². The maximum Gasteiger partial charge on any atom is 0.279 e. The van der Waals surface area contributed by atoms with E-state index < -0.39 is 15.7 Å². The van der Waals surface area contributed by atoms with Crippen LogP contribution in [0.1, 0.15) is 46.5 Å². The van der Waals surface area contributed by atoms with Crippen molar-refractivity contribution in [3.63, 3.8) is 0 Å². The van der Waals surface area contributed by atoms with Crippen LogP contribution in [0.25, 0.3) is 0 Å². The van der Waals surface area contributed by atoms with E-state index in [-0.39, 0.29) is 0 Å². The molecule has 0 bridgehead atoms. The number of rotatable bonds is 6. The molecule has 3 N–H and O–H groups in total. The van der Waals surface area contributed by atoms with Gasteiger partial charge in [-0.3, -0.25) is 0 Å². The fourth-order valence-corrected chi connectivity index (χ4v) is 4.21. The van der Waals surface area contributed by atoms with Crippen molar-refractivity contribution in [2.75, 3.05) is 19.6 Å². The third-order valence-electron chi connectivity index (χ3n) is 4.01. The Hall–Kier alpha value is -0.170. The molecule has 0 aromatic carbocycles. The summed E-state index contributed by atoms with van der Waals surface area (Å²) >= 11 is 0. The van der Waals surface area contributed by atoms with Crippen molar-refractivity contribution in [2.45, 2.75) is 52.0 Å². The summed E-state index contributed by atoms with van der Waals surface area (Å²) in [6.45, 7) is 7.26. The molecule has 0 radical (unpaired) electrons. The lowest BCUT2D eigenvalue weighted by molar-refractivity contribution is 0.226. The van der Waals surface area contributed by atoms with Gasteiger partial charge in [0.2, 0.25) is 0 Å². The fourth-order valence-electron chi connectivity index (χ4n) is 2.56. The maximum absolute atomic E-state index is 12.3. The molecule has 0 spiro atoms. The largest absolute Gasteiger partial charge is 0.329 e. The molecule has 0 saturated heterocycles. The zero-order valence-corrected chi connectivity index (χ0v) is 12.6. The summed E-state index contributed by atoms with van der Waals surface area (Å²) in [4.78, 5) is 0. The van der Waals surface area contributed by atoms with E-state index in [1.54, 1.807) is 0 Å². The van der Waals surface area contributed by atoms with E-state index in [9.17, 15) is 8.42 Å². The molecular weight excluding hydrogens is 250 g/mol. The van der Waals surface area contributed by atoms with Crippen molar-refractivity contribution in [2.24, 2.45) is 11.7 Å². The van der Waals surface area contributed by atoms with Gasteiger partial charge < -0.3 is 5.73 Å². The quantitative estimate of drug-likeness (QED) is 0.762. The van der Waals surface area contributed by atoms with Crippen LogP contribution in [0.4, 0.5) is 0 Å². The fraction of sp³-hybridized carbons (Fsp3) is 1.00. The standard InChI is InChI=1S/C12H27N3O2S/c1-4-15(5-2)18(16,17)14-12(10-13)8-6-11(3)7-9-12/h11,14H,4-10,13H2,1-3H3. The van der Waals surface area contributed by atoms with Gasteiger partial charge in [0.05, 0.1) is 0 Å². The van der Waals surface area contributed by atoms with Gasteiger partial charge in [-0.15, -0.1) is 0 Å². The molecule has 6 heteroatoms. The molecule has 1 rings (SSSR count). The van der Waals surface area contributed by atoms with Crippen molar-refractivity contribution >= 4 is 10.2 Å². The van der Waals surface area contributed by atoms with Gasteiger partial charge >= 0.3 is 0 Å². The Labute approximate surface area is 111 Å². The zero-order valence-electron chi connectivity index (χ0n) is 11.8. The summed E-state index contributed by atoms with van der Waals surface area (Å²) in [6, 6.07) is 0. The zero-order chi connectivity index (χ0) is 13.8. The van der Waals surface area contributed by atoms with E-state index in [4.69, 9.17) is 5.73 Å². The average molecular weight is 277 g/mol.